The predicted octanol–water partition coefficient (Wildman–Crippen LogP) is -10.1. The fourth-order valence-corrected chi connectivity index (χ4v) is 0. The molecule has 0 saturated carbocycles. The van der Waals surface area contributed by atoms with Crippen LogP contribution in [0, 0.1) is 0 Å². The SMILES string of the molecule is O.O.O.O.O.[Cl-].[Cl-].[Co+2]. The van der Waals surface area contributed by atoms with E-state index < -0.39 is 0 Å². The molecule has 0 heterocycles. The average Bonchev–Trinajstić information content (AvgIpc) is 0. The van der Waals surface area contributed by atoms with Crippen LogP contribution in [0.15, 0.2) is 0 Å². The summed E-state index contributed by atoms with van der Waals surface area (Å²) in [7, 11) is 0. The second-order valence-corrected chi connectivity index (χ2v) is 0. The third-order valence-corrected chi connectivity index (χ3v) is 0. The van der Waals surface area contributed by atoms with Crippen molar-refractivity contribution in [2.45, 2.75) is 0 Å². The molecule has 0 atom stereocenters. The largest absolute Gasteiger partial charge is 2.00 e. The summed E-state index contributed by atoms with van der Waals surface area (Å²) in [5, 5.41) is 0. The van der Waals surface area contributed by atoms with Crippen LogP contribution in [0.1, 0.15) is 0 Å². The van der Waals surface area contributed by atoms with Crippen LogP contribution in [0.4, 0.5) is 0 Å². The van der Waals surface area contributed by atoms with Crippen LogP contribution in [-0.2, 0) is 16.8 Å². The average molecular weight is 220 g/mol. The zero-order chi connectivity index (χ0) is 0. The van der Waals surface area contributed by atoms with E-state index in [4.69, 9.17) is 0 Å². The molecule has 0 aromatic heterocycles. The molecule has 0 rings (SSSR count). The summed E-state index contributed by atoms with van der Waals surface area (Å²) < 4.78 is 0. The van der Waals surface area contributed by atoms with E-state index in [1.165, 1.54) is 0 Å². The van der Waals surface area contributed by atoms with E-state index in [2.05, 4.69) is 0 Å². The van der Waals surface area contributed by atoms with Gasteiger partial charge in [-0.3, -0.25) is 0 Å². The molecule has 10 N–H and O–H groups in total. The second kappa shape index (κ2) is 476. The number of hydrogen-bond donors (Lipinski definition) is 0. The van der Waals surface area contributed by atoms with Gasteiger partial charge < -0.3 is 52.2 Å². The summed E-state index contributed by atoms with van der Waals surface area (Å²) >= 11 is 0. The molecule has 1 radical (unpaired) electrons. The van der Waals surface area contributed by atoms with Gasteiger partial charge in [0.25, 0.3) is 0 Å². The molecule has 0 aromatic rings. The molecule has 8 heavy (non-hydrogen) atoms. The van der Waals surface area contributed by atoms with Gasteiger partial charge in [0.15, 0.2) is 0 Å². The minimum Gasteiger partial charge on any atom is -1.00 e. The van der Waals surface area contributed by atoms with Crippen LogP contribution in [0.2, 0.25) is 0 Å². The van der Waals surface area contributed by atoms with Gasteiger partial charge in [0.2, 0.25) is 0 Å². The van der Waals surface area contributed by atoms with E-state index in [0.717, 1.165) is 0 Å². The van der Waals surface area contributed by atoms with Gasteiger partial charge in [-0.25, -0.2) is 0 Å². The molecule has 0 bridgehead atoms. The van der Waals surface area contributed by atoms with Crippen molar-refractivity contribution < 1.29 is 69.0 Å². The number of halogens is 2. The first-order chi connectivity index (χ1) is 0. The van der Waals surface area contributed by atoms with E-state index in [1.807, 2.05) is 0 Å². The van der Waals surface area contributed by atoms with Crippen molar-refractivity contribution in [3.05, 3.63) is 0 Å². The molecular weight excluding hydrogens is 210 g/mol. The standard InChI is InChI=1S/2ClH.Co.5H2O/h2*1H;;5*1H2/q;;+2;;;;;/p-2. The summed E-state index contributed by atoms with van der Waals surface area (Å²) in [6, 6.07) is 0. The maximum absolute atomic E-state index is 0. The van der Waals surface area contributed by atoms with Crippen LogP contribution in [0.25, 0.3) is 0 Å². The predicted molar refractivity (Wildman–Crippen MR) is 18.1 cm³/mol. The third-order valence-electron chi connectivity index (χ3n) is 0. The molecule has 0 aromatic carbocycles. The monoisotopic (exact) mass is 219 g/mol. The molecule has 0 unspecified atom stereocenters. The Balaban J connectivity index is 0. The van der Waals surface area contributed by atoms with Crippen molar-refractivity contribution >= 4 is 0 Å². The number of rotatable bonds is 0. The minimum absolute atomic E-state index is 0. The topological polar surface area (TPSA) is 158 Å². The van der Waals surface area contributed by atoms with Crippen LogP contribution in [-0.4, -0.2) is 27.4 Å². The molecule has 5 nitrogen and oxygen atoms in total. The molecule has 0 aliphatic carbocycles. The third kappa shape index (κ3) is 304. The van der Waals surface area contributed by atoms with Gasteiger partial charge in [-0.05, 0) is 0 Å². The van der Waals surface area contributed by atoms with Gasteiger partial charge >= 0.3 is 16.8 Å². The molecule has 0 fully saturated rings. The van der Waals surface area contributed by atoms with Crippen LogP contribution in [0.5, 0.6) is 0 Å². The van der Waals surface area contributed by atoms with Crippen molar-refractivity contribution in [3.8, 4) is 0 Å². The van der Waals surface area contributed by atoms with Gasteiger partial charge in [0.1, 0.15) is 0 Å². The van der Waals surface area contributed by atoms with Crippen molar-refractivity contribution in [1.82, 2.24) is 0 Å². The maximum Gasteiger partial charge on any atom is 2.00 e. The van der Waals surface area contributed by atoms with Gasteiger partial charge in [-0.1, -0.05) is 0 Å². The molecular formula is H10Cl2CoO5. The van der Waals surface area contributed by atoms with Gasteiger partial charge in [0, 0.05) is 0 Å². The smallest absolute Gasteiger partial charge is 1.00 e. The Morgan fingerprint density at radius 2 is 0.375 bits per heavy atom. The Morgan fingerprint density at radius 1 is 0.375 bits per heavy atom. The quantitative estimate of drug-likeness (QED) is 0.379. The molecule has 0 aliphatic rings. The summed E-state index contributed by atoms with van der Waals surface area (Å²) in [6.45, 7) is 0. The van der Waals surface area contributed by atoms with E-state index in [1.54, 1.807) is 0 Å². The molecule has 0 spiro atoms. The van der Waals surface area contributed by atoms with Crippen molar-refractivity contribution in [2.24, 2.45) is 0 Å². The molecule has 0 amide bonds. The summed E-state index contributed by atoms with van der Waals surface area (Å²) in [5.74, 6) is 0. The van der Waals surface area contributed by atoms with E-state index >= 15 is 0 Å². The number of hydrogen-bond acceptors (Lipinski definition) is 0. The summed E-state index contributed by atoms with van der Waals surface area (Å²) in [6.07, 6.45) is 0. The van der Waals surface area contributed by atoms with E-state index in [-0.39, 0.29) is 69.0 Å². The zero-order valence-electron chi connectivity index (χ0n) is 3.59. The molecule has 0 saturated heterocycles. The molecule has 8 heteroatoms. The Morgan fingerprint density at radius 3 is 0.375 bits per heavy atom. The minimum atomic E-state index is 0. The normalized spacial score (nSPS) is 0. The fraction of sp³-hybridized carbons (Fsp3) is 0. The molecule has 0 aliphatic heterocycles. The first-order valence-corrected chi connectivity index (χ1v) is 0. The van der Waals surface area contributed by atoms with Gasteiger partial charge in [-0.15, -0.1) is 0 Å². The van der Waals surface area contributed by atoms with Gasteiger partial charge in [-0.2, -0.15) is 0 Å². The Bertz CT molecular complexity index is 10.4. The Kier molecular flexibility index (Phi) is 41800. The summed E-state index contributed by atoms with van der Waals surface area (Å²) in [4.78, 5) is 0. The van der Waals surface area contributed by atoms with Crippen LogP contribution < -0.4 is 24.8 Å². The maximum atomic E-state index is 0. The summed E-state index contributed by atoms with van der Waals surface area (Å²) in [5.41, 5.74) is 0. The zero-order valence-corrected chi connectivity index (χ0v) is 6.14. The van der Waals surface area contributed by atoms with Crippen molar-refractivity contribution in [1.29, 1.82) is 0 Å². The Hall–Kier alpha value is 0.886. The van der Waals surface area contributed by atoms with Crippen molar-refractivity contribution in [3.63, 3.8) is 0 Å². The van der Waals surface area contributed by atoms with Crippen LogP contribution >= 0.6 is 0 Å². The van der Waals surface area contributed by atoms with E-state index in [0.29, 0.717) is 0 Å². The fourth-order valence-electron chi connectivity index (χ4n) is 0. The van der Waals surface area contributed by atoms with Gasteiger partial charge in [0.05, 0.1) is 0 Å². The Labute approximate surface area is 69.4 Å². The van der Waals surface area contributed by atoms with Crippen molar-refractivity contribution in [2.75, 3.05) is 0 Å². The second-order valence-electron chi connectivity index (χ2n) is 0. The molecule has 63 valence electrons. The first-order valence-electron chi connectivity index (χ1n) is 0. The van der Waals surface area contributed by atoms with Crippen LogP contribution in [0.3, 0.4) is 0 Å². The van der Waals surface area contributed by atoms with E-state index in [9.17, 15) is 0 Å². The first kappa shape index (κ1) is 703.